The summed E-state index contributed by atoms with van der Waals surface area (Å²) < 4.78 is 32.7. The van der Waals surface area contributed by atoms with Gasteiger partial charge in [0.15, 0.2) is 6.10 Å². The lowest BCUT2D eigenvalue weighted by atomic mass is 10.1. The molecule has 0 fully saturated rings. The van der Waals surface area contributed by atoms with Gasteiger partial charge in [-0.25, -0.2) is 4.57 Å². The first-order valence-corrected chi connectivity index (χ1v) is 22.7. The fraction of sp³-hybridized carbons (Fsp3) is 0.727. The monoisotopic (exact) mass is 797 g/mol. The predicted molar refractivity (Wildman–Crippen MR) is 224 cm³/mol. The van der Waals surface area contributed by atoms with E-state index in [9.17, 15) is 24.2 Å². The molecule has 0 aliphatic rings. The maximum Gasteiger partial charge on any atom is 0.472 e. The van der Waals surface area contributed by atoms with Gasteiger partial charge >= 0.3 is 19.8 Å². The molecule has 0 heterocycles. The topological polar surface area (TPSA) is 149 Å². The highest BCUT2D eigenvalue weighted by Crippen LogP contribution is 2.43. The molecule has 318 valence electrons. The van der Waals surface area contributed by atoms with Gasteiger partial charge in [0.25, 0.3) is 0 Å². The van der Waals surface area contributed by atoms with E-state index in [-0.39, 0.29) is 19.4 Å². The standard InChI is InChI=1S/C44H77O10P/c1-3-5-7-9-11-13-15-17-19-20-22-23-25-27-29-31-33-35-43(47)51-39-42(40-53-55(49,50)52-38-41(46)37-45)54-44(48)36-34-32-30-28-26-24-21-18-16-14-12-10-8-6-4-2/h11-14,17-19,21-23,41-42,45-46H,3-10,15-16,20,24-40H2,1-2H3,(H,49,50)/b13-11-,14-12-,19-17-,21-18-,23-22-/t41-,42+/m0/s1. The molecule has 0 aliphatic heterocycles. The lowest BCUT2D eigenvalue weighted by molar-refractivity contribution is -0.161. The number of esters is 2. The first-order chi connectivity index (χ1) is 26.7. The Morgan fingerprint density at radius 1 is 0.545 bits per heavy atom. The highest BCUT2D eigenvalue weighted by Gasteiger charge is 2.27. The van der Waals surface area contributed by atoms with Crippen molar-refractivity contribution in [2.45, 2.75) is 180 Å². The fourth-order valence-corrected chi connectivity index (χ4v) is 6.11. The summed E-state index contributed by atoms with van der Waals surface area (Å²) in [4.78, 5) is 35.0. The summed E-state index contributed by atoms with van der Waals surface area (Å²) in [5, 5.41) is 18.3. The van der Waals surface area contributed by atoms with Gasteiger partial charge in [-0.05, 0) is 83.5 Å². The van der Waals surface area contributed by atoms with Gasteiger partial charge in [0.2, 0.25) is 0 Å². The molecular weight excluding hydrogens is 719 g/mol. The summed E-state index contributed by atoms with van der Waals surface area (Å²) in [7, 11) is -4.63. The third-order valence-corrected chi connectivity index (χ3v) is 9.60. The quantitative estimate of drug-likeness (QED) is 0.0237. The van der Waals surface area contributed by atoms with Gasteiger partial charge in [-0.15, -0.1) is 0 Å². The van der Waals surface area contributed by atoms with Crippen LogP contribution in [0, 0.1) is 0 Å². The van der Waals surface area contributed by atoms with E-state index >= 15 is 0 Å². The zero-order valence-corrected chi connectivity index (χ0v) is 35.3. The normalized spacial score (nSPS) is 14.5. The van der Waals surface area contributed by atoms with Crippen LogP contribution >= 0.6 is 7.82 Å². The first kappa shape index (κ1) is 52.7. The Kier molecular flexibility index (Phi) is 38.2. The molecule has 10 nitrogen and oxygen atoms in total. The molecule has 0 aromatic rings. The van der Waals surface area contributed by atoms with Crippen LogP contribution in [0.5, 0.6) is 0 Å². The molecule has 0 rings (SSSR count). The van der Waals surface area contributed by atoms with Crippen LogP contribution in [-0.4, -0.2) is 65.7 Å². The number of rotatable bonds is 39. The van der Waals surface area contributed by atoms with Crippen molar-refractivity contribution in [2.75, 3.05) is 26.4 Å². The largest absolute Gasteiger partial charge is 0.472 e. The van der Waals surface area contributed by atoms with E-state index < -0.39 is 51.8 Å². The molecule has 0 aromatic carbocycles. The van der Waals surface area contributed by atoms with Crippen molar-refractivity contribution < 1.29 is 47.8 Å². The third-order valence-electron chi connectivity index (χ3n) is 8.64. The van der Waals surface area contributed by atoms with Crippen LogP contribution in [0.25, 0.3) is 0 Å². The van der Waals surface area contributed by atoms with Gasteiger partial charge in [0.05, 0.1) is 19.8 Å². The maximum absolute atomic E-state index is 12.6. The van der Waals surface area contributed by atoms with Gasteiger partial charge in [-0.1, -0.05) is 132 Å². The van der Waals surface area contributed by atoms with Crippen molar-refractivity contribution in [3.8, 4) is 0 Å². The number of allylic oxidation sites excluding steroid dienone is 10. The van der Waals surface area contributed by atoms with Crippen LogP contribution in [0.1, 0.15) is 168 Å². The van der Waals surface area contributed by atoms with Gasteiger partial charge in [0, 0.05) is 12.8 Å². The number of hydrogen-bond acceptors (Lipinski definition) is 9. The number of aliphatic hydroxyl groups excluding tert-OH is 2. The first-order valence-electron chi connectivity index (χ1n) is 21.2. The van der Waals surface area contributed by atoms with E-state index in [4.69, 9.17) is 19.1 Å². The number of phosphoric acid groups is 1. The van der Waals surface area contributed by atoms with E-state index in [1.54, 1.807) is 0 Å². The Bertz CT molecular complexity index is 1100. The van der Waals surface area contributed by atoms with Gasteiger partial charge < -0.3 is 24.6 Å². The molecule has 3 N–H and O–H groups in total. The van der Waals surface area contributed by atoms with E-state index in [1.807, 2.05) is 0 Å². The van der Waals surface area contributed by atoms with Crippen LogP contribution in [0.15, 0.2) is 60.8 Å². The zero-order valence-electron chi connectivity index (χ0n) is 34.4. The number of carbonyl (C=O) groups is 2. The molecule has 0 bridgehead atoms. The number of phosphoric ester groups is 1. The molecule has 0 aliphatic carbocycles. The van der Waals surface area contributed by atoms with Crippen molar-refractivity contribution in [1.82, 2.24) is 0 Å². The molecule has 11 heteroatoms. The number of ether oxygens (including phenoxy) is 2. The van der Waals surface area contributed by atoms with Crippen LogP contribution in [0.2, 0.25) is 0 Å². The highest BCUT2D eigenvalue weighted by atomic mass is 31.2. The fourth-order valence-electron chi connectivity index (χ4n) is 5.32. The summed E-state index contributed by atoms with van der Waals surface area (Å²) in [5.74, 6) is -0.970. The second-order valence-corrected chi connectivity index (χ2v) is 15.5. The van der Waals surface area contributed by atoms with E-state index in [1.165, 1.54) is 44.9 Å². The van der Waals surface area contributed by atoms with Crippen molar-refractivity contribution in [3.05, 3.63) is 60.8 Å². The Morgan fingerprint density at radius 3 is 1.42 bits per heavy atom. The summed E-state index contributed by atoms with van der Waals surface area (Å²) in [6.07, 6.45) is 43.2. The predicted octanol–water partition coefficient (Wildman–Crippen LogP) is 11.1. The van der Waals surface area contributed by atoms with Gasteiger partial charge in [-0.3, -0.25) is 18.6 Å². The Labute approximate surface area is 334 Å². The Hall–Kier alpha value is -2.33. The maximum atomic E-state index is 12.6. The molecule has 3 atom stereocenters. The zero-order chi connectivity index (χ0) is 40.5. The average Bonchev–Trinajstić information content (AvgIpc) is 3.17. The number of aliphatic hydroxyl groups is 2. The lowest BCUT2D eigenvalue weighted by Gasteiger charge is -2.20. The average molecular weight is 797 g/mol. The van der Waals surface area contributed by atoms with Crippen molar-refractivity contribution in [3.63, 3.8) is 0 Å². The summed E-state index contributed by atoms with van der Waals surface area (Å²) in [6.45, 7) is 2.27. The van der Waals surface area contributed by atoms with Crippen LogP contribution in [-0.2, 0) is 32.7 Å². The van der Waals surface area contributed by atoms with E-state index in [2.05, 4.69) is 79.1 Å². The van der Waals surface area contributed by atoms with Crippen LogP contribution < -0.4 is 0 Å². The molecule has 0 radical (unpaired) electrons. The van der Waals surface area contributed by atoms with Crippen LogP contribution in [0.3, 0.4) is 0 Å². The van der Waals surface area contributed by atoms with Crippen molar-refractivity contribution in [2.24, 2.45) is 0 Å². The number of carbonyl (C=O) groups excluding carboxylic acids is 2. The number of unbranched alkanes of at least 4 members (excludes halogenated alkanes) is 15. The summed E-state index contributed by atoms with van der Waals surface area (Å²) in [6, 6.07) is 0. The van der Waals surface area contributed by atoms with Crippen molar-refractivity contribution >= 4 is 19.8 Å². The van der Waals surface area contributed by atoms with Crippen molar-refractivity contribution in [1.29, 1.82) is 0 Å². The van der Waals surface area contributed by atoms with E-state index in [0.29, 0.717) is 12.8 Å². The molecule has 55 heavy (non-hydrogen) atoms. The second kappa shape index (κ2) is 39.9. The minimum Gasteiger partial charge on any atom is -0.462 e. The molecule has 0 aromatic heterocycles. The Balaban J connectivity index is 4.39. The molecule has 0 saturated carbocycles. The Morgan fingerprint density at radius 2 is 0.945 bits per heavy atom. The second-order valence-electron chi connectivity index (χ2n) is 14.0. The lowest BCUT2D eigenvalue weighted by Crippen LogP contribution is -2.29. The summed E-state index contributed by atoms with van der Waals surface area (Å²) >= 11 is 0. The third kappa shape index (κ3) is 39.7. The van der Waals surface area contributed by atoms with Gasteiger partial charge in [0.1, 0.15) is 12.7 Å². The minimum absolute atomic E-state index is 0.160. The molecule has 0 spiro atoms. The molecule has 0 saturated heterocycles. The number of hydrogen-bond donors (Lipinski definition) is 3. The van der Waals surface area contributed by atoms with E-state index in [0.717, 1.165) is 83.5 Å². The smallest absolute Gasteiger partial charge is 0.462 e. The van der Waals surface area contributed by atoms with Gasteiger partial charge in [-0.2, -0.15) is 0 Å². The molecular formula is C44H77O10P. The highest BCUT2D eigenvalue weighted by molar-refractivity contribution is 7.47. The minimum atomic E-state index is -4.63. The SMILES string of the molecule is CCCCC/C=C\C/C=C\C/C=C\CCCCCCC(=O)OC[C@H](COP(=O)(O)OC[C@@H](O)CO)OC(=O)CCCCCCC/C=C\C/C=C\CCCCC. The van der Waals surface area contributed by atoms with Crippen LogP contribution in [0.4, 0.5) is 0 Å². The summed E-state index contributed by atoms with van der Waals surface area (Å²) in [5.41, 5.74) is 0. The molecule has 1 unspecified atom stereocenters. The molecule has 0 amide bonds.